The number of aromatic nitrogens is 3. The molecule has 0 radical (unpaired) electrons. The van der Waals surface area contributed by atoms with Gasteiger partial charge in [0.05, 0.1) is 28.6 Å². The summed E-state index contributed by atoms with van der Waals surface area (Å²) in [5.41, 5.74) is 11.0. The highest BCUT2D eigenvalue weighted by Gasteiger charge is 2.28. The average Bonchev–Trinajstić information content (AvgIpc) is 3.05. The van der Waals surface area contributed by atoms with E-state index in [1.807, 2.05) is 59.8 Å². The molecule has 1 aliphatic rings. The Kier molecular flexibility index (Phi) is 5.26. The van der Waals surface area contributed by atoms with E-state index in [1.165, 1.54) is 0 Å². The van der Waals surface area contributed by atoms with E-state index >= 15 is 0 Å². The van der Waals surface area contributed by atoms with Gasteiger partial charge >= 0.3 is 0 Å². The third-order valence-corrected chi connectivity index (χ3v) is 5.88. The second-order valence-electron chi connectivity index (χ2n) is 8.26. The molecule has 2 aromatic heterocycles. The van der Waals surface area contributed by atoms with Crippen LogP contribution in [0.5, 0.6) is 0 Å². The summed E-state index contributed by atoms with van der Waals surface area (Å²) >= 11 is 0. The van der Waals surface area contributed by atoms with Crippen molar-refractivity contribution < 1.29 is 4.79 Å². The van der Waals surface area contributed by atoms with E-state index in [0.717, 1.165) is 53.1 Å². The number of aryl methyl sites for hydroxylation is 2. The lowest BCUT2D eigenvalue weighted by Gasteiger charge is -2.33. The summed E-state index contributed by atoms with van der Waals surface area (Å²) in [5, 5.41) is 5.58. The Morgan fingerprint density at radius 2 is 2.07 bits per heavy atom. The summed E-state index contributed by atoms with van der Waals surface area (Å²) in [6.07, 6.45) is 2.43. The third kappa shape index (κ3) is 3.97. The van der Waals surface area contributed by atoms with Crippen LogP contribution in [0.1, 0.15) is 55.2 Å². The number of benzene rings is 1. The van der Waals surface area contributed by atoms with Crippen molar-refractivity contribution in [3.8, 4) is 0 Å². The number of likely N-dealkylation sites (tertiary alicyclic amines) is 1. The van der Waals surface area contributed by atoms with Gasteiger partial charge in [0.25, 0.3) is 0 Å². The molecular weight excluding hydrogens is 362 g/mol. The van der Waals surface area contributed by atoms with Crippen LogP contribution in [0.3, 0.4) is 0 Å². The van der Waals surface area contributed by atoms with Gasteiger partial charge in [0.15, 0.2) is 0 Å². The van der Waals surface area contributed by atoms with E-state index in [0.29, 0.717) is 13.0 Å². The molecule has 0 spiro atoms. The molecule has 6 nitrogen and oxygen atoms in total. The van der Waals surface area contributed by atoms with Gasteiger partial charge in [-0.1, -0.05) is 18.2 Å². The van der Waals surface area contributed by atoms with Crippen LogP contribution in [0, 0.1) is 13.8 Å². The van der Waals surface area contributed by atoms with E-state index in [1.54, 1.807) is 0 Å². The fourth-order valence-corrected chi connectivity index (χ4v) is 4.46. The number of anilines is 1. The highest BCUT2D eigenvalue weighted by molar-refractivity contribution is 5.82. The van der Waals surface area contributed by atoms with Gasteiger partial charge in [-0.15, -0.1) is 0 Å². The minimum absolute atomic E-state index is 0.0421. The third-order valence-electron chi connectivity index (χ3n) is 5.88. The van der Waals surface area contributed by atoms with Gasteiger partial charge in [-0.25, -0.2) is 0 Å². The molecule has 0 bridgehead atoms. The van der Waals surface area contributed by atoms with Crippen molar-refractivity contribution in [1.82, 2.24) is 19.7 Å². The highest BCUT2D eigenvalue weighted by Crippen LogP contribution is 2.32. The fourth-order valence-electron chi connectivity index (χ4n) is 4.46. The van der Waals surface area contributed by atoms with E-state index in [-0.39, 0.29) is 17.9 Å². The van der Waals surface area contributed by atoms with Crippen LogP contribution in [0.2, 0.25) is 0 Å². The van der Waals surface area contributed by atoms with Crippen LogP contribution >= 0.6 is 0 Å². The van der Waals surface area contributed by atoms with Crippen LogP contribution in [-0.4, -0.2) is 38.7 Å². The molecule has 3 aromatic rings. The van der Waals surface area contributed by atoms with Crippen LogP contribution in [0.4, 0.5) is 5.69 Å². The Bertz CT molecular complexity index is 1040. The summed E-state index contributed by atoms with van der Waals surface area (Å²) in [6, 6.07) is 12.1. The predicted molar refractivity (Wildman–Crippen MR) is 116 cm³/mol. The fraction of sp³-hybridized carbons (Fsp3) is 0.435. The van der Waals surface area contributed by atoms with Crippen LogP contribution in [0.25, 0.3) is 10.9 Å². The lowest BCUT2D eigenvalue weighted by atomic mass is 9.92. The van der Waals surface area contributed by atoms with Crippen molar-refractivity contribution in [2.75, 3.05) is 18.8 Å². The molecule has 29 heavy (non-hydrogen) atoms. The zero-order valence-electron chi connectivity index (χ0n) is 17.4. The Hall–Kier alpha value is -2.89. The van der Waals surface area contributed by atoms with Crippen molar-refractivity contribution in [3.05, 3.63) is 53.5 Å². The Morgan fingerprint density at radius 1 is 1.28 bits per heavy atom. The molecule has 152 valence electrons. The number of fused-ring (bicyclic) bond motifs is 1. The van der Waals surface area contributed by atoms with E-state index in [4.69, 9.17) is 10.7 Å². The molecule has 4 rings (SSSR count). The molecule has 1 aromatic carbocycles. The number of nitrogens with zero attached hydrogens (tertiary/aromatic N) is 4. The predicted octanol–water partition coefficient (Wildman–Crippen LogP) is 3.99. The Balaban J connectivity index is 1.49. The number of carbonyl (C=O) groups is 1. The molecule has 0 aliphatic carbocycles. The Morgan fingerprint density at radius 3 is 2.83 bits per heavy atom. The number of hydrogen-bond acceptors (Lipinski definition) is 4. The second kappa shape index (κ2) is 7.85. The van der Waals surface area contributed by atoms with Crippen LogP contribution < -0.4 is 5.73 Å². The lowest BCUT2D eigenvalue weighted by molar-refractivity contribution is -0.133. The van der Waals surface area contributed by atoms with Gasteiger partial charge < -0.3 is 10.6 Å². The second-order valence-corrected chi connectivity index (χ2v) is 8.26. The molecule has 6 heteroatoms. The minimum Gasteiger partial charge on any atom is -0.397 e. The van der Waals surface area contributed by atoms with E-state index in [9.17, 15) is 4.79 Å². The molecule has 1 fully saturated rings. The maximum Gasteiger partial charge on any atom is 0.224 e. The number of para-hydroxylation sites is 1. The normalized spacial score (nSPS) is 18.2. The van der Waals surface area contributed by atoms with E-state index in [2.05, 4.69) is 12.0 Å². The summed E-state index contributed by atoms with van der Waals surface area (Å²) in [4.78, 5) is 19.8. The molecular formula is C23H29N5O. The molecule has 2 N–H and O–H groups in total. The van der Waals surface area contributed by atoms with Crippen molar-refractivity contribution >= 4 is 22.5 Å². The summed E-state index contributed by atoms with van der Waals surface area (Å²) in [6.45, 7) is 7.55. The Labute approximate surface area is 171 Å². The largest absolute Gasteiger partial charge is 0.397 e. The first-order valence-corrected chi connectivity index (χ1v) is 10.4. The average molecular weight is 392 g/mol. The first-order valence-electron chi connectivity index (χ1n) is 10.4. The number of amides is 1. The number of pyridine rings is 1. The molecule has 2 atom stereocenters. The molecule has 1 amide bonds. The summed E-state index contributed by atoms with van der Waals surface area (Å²) in [5.74, 6) is 0.357. The van der Waals surface area contributed by atoms with Crippen molar-refractivity contribution in [3.63, 3.8) is 0 Å². The number of piperidine rings is 1. The van der Waals surface area contributed by atoms with E-state index < -0.39 is 0 Å². The van der Waals surface area contributed by atoms with Crippen molar-refractivity contribution in [2.24, 2.45) is 0 Å². The number of nitrogen functional groups attached to an aromatic ring is 1. The standard InChI is InChI=1S/C23H29N5O/c1-15-11-16(2)28(26-15)17(3)12-22(29)27-10-6-8-19(14-27)23-20(24)13-18-7-4-5-9-21(18)25-23/h4-5,7,9,11,13,17,19H,6,8,10,12,14,24H2,1-3H3/t17-,19+/m0/s1. The van der Waals surface area contributed by atoms with Gasteiger partial charge in [0, 0.05) is 36.5 Å². The first-order chi connectivity index (χ1) is 13.9. The number of hydrogen-bond donors (Lipinski definition) is 1. The SMILES string of the molecule is Cc1cc(C)n([C@@H](C)CC(=O)N2CCC[C@@H](c3nc4ccccc4cc3N)C2)n1. The molecule has 0 unspecified atom stereocenters. The van der Waals surface area contributed by atoms with Crippen molar-refractivity contribution in [1.29, 1.82) is 0 Å². The number of rotatable bonds is 4. The maximum absolute atomic E-state index is 13.0. The van der Waals surface area contributed by atoms with Gasteiger partial charge in [0.1, 0.15) is 0 Å². The summed E-state index contributed by atoms with van der Waals surface area (Å²) < 4.78 is 1.96. The smallest absolute Gasteiger partial charge is 0.224 e. The van der Waals surface area contributed by atoms with Crippen LogP contribution in [0.15, 0.2) is 36.4 Å². The summed E-state index contributed by atoms with van der Waals surface area (Å²) in [7, 11) is 0. The molecule has 1 saturated heterocycles. The van der Waals surface area contributed by atoms with Gasteiger partial charge in [-0.05, 0) is 51.8 Å². The van der Waals surface area contributed by atoms with Gasteiger partial charge in [-0.3, -0.25) is 14.5 Å². The monoisotopic (exact) mass is 391 g/mol. The quantitative estimate of drug-likeness (QED) is 0.729. The minimum atomic E-state index is 0.0421. The van der Waals surface area contributed by atoms with Crippen molar-refractivity contribution in [2.45, 2.75) is 52.0 Å². The van der Waals surface area contributed by atoms with Gasteiger partial charge in [0.2, 0.25) is 5.91 Å². The number of carbonyl (C=O) groups excluding carboxylic acids is 1. The lowest BCUT2D eigenvalue weighted by Crippen LogP contribution is -2.40. The first kappa shape index (κ1) is 19.4. The molecule has 0 saturated carbocycles. The van der Waals surface area contributed by atoms with Gasteiger partial charge in [-0.2, -0.15) is 5.10 Å². The zero-order chi connectivity index (χ0) is 20.5. The zero-order valence-corrected chi connectivity index (χ0v) is 17.4. The number of nitrogens with two attached hydrogens (primary N) is 1. The molecule has 3 heterocycles. The van der Waals surface area contributed by atoms with Crippen LogP contribution in [-0.2, 0) is 4.79 Å². The molecule has 1 aliphatic heterocycles. The maximum atomic E-state index is 13.0. The highest BCUT2D eigenvalue weighted by atomic mass is 16.2. The topological polar surface area (TPSA) is 77.0 Å².